The van der Waals surface area contributed by atoms with E-state index < -0.39 is 9.45 Å². The molecule has 70 valence electrons. The molecule has 0 unspecified atom stereocenters. The fraction of sp³-hybridized carbons (Fsp3) is 0.222. The number of hydrogen-bond donors (Lipinski definition) is 1. The number of aryl methyl sites for hydroxylation is 1. The fourth-order valence-electron chi connectivity index (χ4n) is 0.879. The van der Waals surface area contributed by atoms with Gasteiger partial charge in [-0.15, -0.1) is 12.6 Å². The van der Waals surface area contributed by atoms with E-state index in [1.807, 2.05) is 19.1 Å². The van der Waals surface area contributed by atoms with E-state index in [4.69, 9.17) is 23.2 Å². The number of thiol groups is 1. The number of ketones is 1. The molecule has 4 heteroatoms. The van der Waals surface area contributed by atoms with Gasteiger partial charge < -0.3 is 0 Å². The van der Waals surface area contributed by atoms with E-state index in [9.17, 15) is 4.79 Å². The quantitative estimate of drug-likeness (QED) is 0.473. The van der Waals surface area contributed by atoms with Crippen LogP contribution in [0.1, 0.15) is 15.9 Å². The Balaban J connectivity index is 2.97. The van der Waals surface area contributed by atoms with Crippen molar-refractivity contribution in [3.05, 3.63) is 35.4 Å². The minimum Gasteiger partial charge on any atom is -0.290 e. The van der Waals surface area contributed by atoms with Crippen molar-refractivity contribution in [3.8, 4) is 0 Å². The van der Waals surface area contributed by atoms with Gasteiger partial charge >= 0.3 is 0 Å². The van der Waals surface area contributed by atoms with Crippen LogP contribution in [0.5, 0.6) is 0 Å². The highest BCUT2D eigenvalue weighted by atomic mass is 35.5. The second-order valence-electron chi connectivity index (χ2n) is 2.74. The number of benzene rings is 1. The van der Waals surface area contributed by atoms with Crippen molar-refractivity contribution in [2.75, 3.05) is 0 Å². The Hall–Kier alpha value is -0.180. The van der Waals surface area contributed by atoms with Crippen molar-refractivity contribution in [3.63, 3.8) is 0 Å². The third-order valence-electron chi connectivity index (χ3n) is 1.59. The molecule has 0 heterocycles. The van der Waals surface area contributed by atoms with Crippen LogP contribution in [0.15, 0.2) is 24.3 Å². The number of rotatable bonds is 2. The van der Waals surface area contributed by atoms with Crippen molar-refractivity contribution < 1.29 is 4.79 Å². The Morgan fingerprint density at radius 2 is 1.77 bits per heavy atom. The van der Waals surface area contributed by atoms with Gasteiger partial charge in [-0.2, -0.15) is 0 Å². The van der Waals surface area contributed by atoms with Crippen LogP contribution in [0.3, 0.4) is 0 Å². The van der Waals surface area contributed by atoms with Crippen LogP contribution in [0.4, 0.5) is 0 Å². The SMILES string of the molecule is Cc1ccc(C(=O)C(S)(Cl)Cl)cc1. The number of carbonyl (C=O) groups excluding carboxylic acids is 1. The largest absolute Gasteiger partial charge is 0.290 e. The number of hydrogen-bond acceptors (Lipinski definition) is 2. The molecule has 13 heavy (non-hydrogen) atoms. The second kappa shape index (κ2) is 3.91. The molecule has 1 rings (SSSR count). The maximum absolute atomic E-state index is 11.4. The highest BCUT2D eigenvalue weighted by molar-refractivity contribution is 7.86. The van der Waals surface area contributed by atoms with Crippen molar-refractivity contribution >= 4 is 41.6 Å². The van der Waals surface area contributed by atoms with Gasteiger partial charge in [0.2, 0.25) is 9.45 Å². The summed E-state index contributed by atoms with van der Waals surface area (Å²) in [5, 5.41) is 0. The van der Waals surface area contributed by atoms with Crippen LogP contribution in [0, 0.1) is 6.92 Å². The summed E-state index contributed by atoms with van der Waals surface area (Å²) in [6, 6.07) is 6.99. The Bertz CT molecular complexity index is 313. The highest BCUT2D eigenvalue weighted by Crippen LogP contribution is 2.29. The van der Waals surface area contributed by atoms with Gasteiger partial charge in [0.25, 0.3) is 0 Å². The Labute approximate surface area is 92.4 Å². The molecule has 0 amide bonds. The van der Waals surface area contributed by atoms with Gasteiger partial charge in [-0.05, 0) is 6.92 Å². The van der Waals surface area contributed by atoms with E-state index in [1.165, 1.54) is 0 Å². The molecule has 0 aliphatic heterocycles. The Kier molecular flexibility index (Phi) is 3.28. The lowest BCUT2D eigenvalue weighted by Crippen LogP contribution is -2.18. The van der Waals surface area contributed by atoms with Crippen LogP contribution >= 0.6 is 35.8 Å². The minimum absolute atomic E-state index is 0.404. The van der Waals surface area contributed by atoms with Gasteiger partial charge in [-0.3, -0.25) is 4.79 Å². The molecule has 0 spiro atoms. The molecule has 0 aromatic heterocycles. The molecule has 0 fully saturated rings. The van der Waals surface area contributed by atoms with E-state index in [-0.39, 0.29) is 0 Å². The molecule has 0 saturated carbocycles. The van der Waals surface area contributed by atoms with Gasteiger partial charge in [-0.25, -0.2) is 0 Å². The second-order valence-corrected chi connectivity index (χ2v) is 5.26. The zero-order valence-electron chi connectivity index (χ0n) is 6.92. The summed E-state index contributed by atoms with van der Waals surface area (Å²) in [6.45, 7) is 1.93. The average Bonchev–Trinajstić information content (AvgIpc) is 2.03. The molecule has 0 N–H and O–H groups in total. The summed E-state index contributed by atoms with van der Waals surface area (Å²) in [4.78, 5) is 11.4. The fourth-order valence-corrected chi connectivity index (χ4v) is 1.23. The lowest BCUT2D eigenvalue weighted by Gasteiger charge is -2.10. The van der Waals surface area contributed by atoms with Crippen molar-refractivity contribution in [1.82, 2.24) is 0 Å². The molecule has 1 aromatic carbocycles. The van der Waals surface area contributed by atoms with E-state index in [2.05, 4.69) is 12.6 Å². The first-order valence-corrected chi connectivity index (χ1v) is 4.83. The van der Waals surface area contributed by atoms with Gasteiger partial charge in [0.15, 0.2) is 0 Å². The Morgan fingerprint density at radius 3 is 2.15 bits per heavy atom. The molecule has 1 nitrogen and oxygen atoms in total. The van der Waals surface area contributed by atoms with Crippen LogP contribution in [-0.2, 0) is 0 Å². The third kappa shape index (κ3) is 2.90. The molecule has 0 bridgehead atoms. The summed E-state index contributed by atoms with van der Waals surface area (Å²) in [6.07, 6.45) is 0. The van der Waals surface area contributed by atoms with Crippen molar-refractivity contribution in [2.24, 2.45) is 0 Å². The number of alkyl halides is 2. The average molecular weight is 235 g/mol. The molecule has 0 saturated heterocycles. The molecule has 0 aliphatic carbocycles. The van der Waals surface area contributed by atoms with Crippen LogP contribution in [-0.4, -0.2) is 9.45 Å². The predicted octanol–water partition coefficient (Wildman–Crippen LogP) is 3.24. The third-order valence-corrected chi connectivity index (χ3v) is 2.13. The molecular formula is C9H8Cl2OS. The predicted molar refractivity (Wildman–Crippen MR) is 58.9 cm³/mol. The van der Waals surface area contributed by atoms with Crippen molar-refractivity contribution in [1.29, 1.82) is 0 Å². The monoisotopic (exact) mass is 234 g/mol. The van der Waals surface area contributed by atoms with Gasteiger partial charge in [0.1, 0.15) is 0 Å². The standard InChI is InChI=1S/C9H8Cl2OS/c1-6-2-4-7(5-3-6)8(12)9(10,11)13/h2-5,13H,1H3. The van der Waals surface area contributed by atoms with Crippen LogP contribution in [0.2, 0.25) is 0 Å². The van der Waals surface area contributed by atoms with Gasteiger partial charge in [0.05, 0.1) is 0 Å². The minimum atomic E-state index is -1.64. The summed E-state index contributed by atoms with van der Waals surface area (Å²) in [5.41, 5.74) is 1.54. The number of carbonyl (C=O) groups is 1. The van der Waals surface area contributed by atoms with Gasteiger partial charge in [0, 0.05) is 5.56 Å². The molecule has 0 aliphatic rings. The summed E-state index contributed by atoms with van der Waals surface area (Å²) in [7, 11) is 0. The maximum atomic E-state index is 11.4. The number of Topliss-reactive ketones (excluding diaryl/α,β-unsaturated/α-hetero) is 1. The topological polar surface area (TPSA) is 17.1 Å². The maximum Gasteiger partial charge on any atom is 0.222 e. The normalized spacial score (nSPS) is 11.4. The Morgan fingerprint density at radius 1 is 1.31 bits per heavy atom. The molecule has 0 radical (unpaired) electrons. The number of halogens is 2. The summed E-state index contributed by atoms with van der Waals surface area (Å²) < 4.78 is -1.64. The van der Waals surface area contributed by atoms with E-state index >= 15 is 0 Å². The first-order chi connectivity index (χ1) is 5.91. The van der Waals surface area contributed by atoms with E-state index in [1.54, 1.807) is 12.1 Å². The molecule has 1 aromatic rings. The molecule has 0 atom stereocenters. The van der Waals surface area contributed by atoms with Gasteiger partial charge in [-0.1, -0.05) is 53.0 Å². The summed E-state index contributed by atoms with van der Waals surface area (Å²) >= 11 is 14.8. The smallest absolute Gasteiger partial charge is 0.222 e. The molecular weight excluding hydrogens is 227 g/mol. The van der Waals surface area contributed by atoms with Crippen molar-refractivity contribution in [2.45, 2.75) is 10.6 Å². The summed E-state index contributed by atoms with van der Waals surface area (Å²) in [5.74, 6) is -0.404. The first-order valence-electron chi connectivity index (χ1n) is 3.63. The zero-order chi connectivity index (χ0) is 10.1. The van der Waals surface area contributed by atoms with Crippen LogP contribution < -0.4 is 0 Å². The zero-order valence-corrected chi connectivity index (χ0v) is 9.33. The lowest BCUT2D eigenvalue weighted by molar-refractivity contribution is 0.0999. The van der Waals surface area contributed by atoms with Crippen LogP contribution in [0.25, 0.3) is 0 Å². The highest BCUT2D eigenvalue weighted by Gasteiger charge is 2.29. The lowest BCUT2D eigenvalue weighted by atomic mass is 10.1. The van der Waals surface area contributed by atoms with E-state index in [0.29, 0.717) is 5.56 Å². The van der Waals surface area contributed by atoms with E-state index in [0.717, 1.165) is 5.56 Å². The first kappa shape index (κ1) is 10.9.